The van der Waals surface area contributed by atoms with Gasteiger partial charge >= 0.3 is 53.6 Å². The third-order valence-electron chi connectivity index (χ3n) is 6.85. The van der Waals surface area contributed by atoms with E-state index in [4.69, 9.17) is 4.74 Å². The van der Waals surface area contributed by atoms with Crippen molar-refractivity contribution in [2.75, 3.05) is 13.7 Å². The van der Waals surface area contributed by atoms with Crippen LogP contribution in [0.4, 0.5) is 74.6 Å². The molecule has 2 rings (SSSR count). The number of hydrogen-bond acceptors (Lipinski definition) is 5. The lowest BCUT2D eigenvalue weighted by atomic mass is 9.88. The van der Waals surface area contributed by atoms with Crippen LogP contribution in [0.2, 0.25) is 0 Å². The van der Waals surface area contributed by atoms with Crippen LogP contribution in [0.1, 0.15) is 33.6 Å². The third kappa shape index (κ3) is 7.65. The molecule has 2 aromatic rings. The van der Waals surface area contributed by atoms with Gasteiger partial charge in [-0.2, -0.15) is 74.6 Å². The molecule has 0 saturated heterocycles. The van der Waals surface area contributed by atoms with E-state index in [1.807, 2.05) is 5.32 Å². The van der Waals surface area contributed by atoms with Gasteiger partial charge in [0.05, 0.1) is 13.7 Å². The highest BCUT2D eigenvalue weighted by molar-refractivity contribution is 6.14. The molecule has 0 aliphatic rings. The summed E-state index contributed by atoms with van der Waals surface area (Å²) in [6, 6.07) is 8.68. The van der Waals surface area contributed by atoms with Gasteiger partial charge in [-0.3, -0.25) is 9.59 Å². The van der Waals surface area contributed by atoms with Gasteiger partial charge in [0.15, 0.2) is 11.8 Å². The number of Topliss-reactive ketones (excluding diaryl/α,β-unsaturated/α-hetero) is 1. The van der Waals surface area contributed by atoms with Crippen LogP contribution in [0.5, 0.6) is 5.75 Å². The molecule has 1 N–H and O–H groups in total. The molecule has 0 bridgehead atoms. The van der Waals surface area contributed by atoms with Crippen molar-refractivity contribution in [2.24, 2.45) is 0 Å². The maximum absolute atomic E-state index is 14.2. The minimum absolute atomic E-state index is 0.209. The lowest BCUT2D eigenvalue weighted by molar-refractivity contribution is -0.461. The van der Waals surface area contributed by atoms with E-state index in [0.29, 0.717) is 0 Å². The van der Waals surface area contributed by atoms with Gasteiger partial charge in [-0.1, -0.05) is 30.3 Å². The van der Waals surface area contributed by atoms with Gasteiger partial charge in [-0.05, 0) is 30.7 Å². The van der Waals surface area contributed by atoms with Gasteiger partial charge in [-0.15, -0.1) is 0 Å². The van der Waals surface area contributed by atoms with Crippen molar-refractivity contribution in [3.8, 4) is 5.75 Å². The molecule has 0 aromatic heterocycles. The van der Waals surface area contributed by atoms with Crippen LogP contribution in [0, 0.1) is 0 Å². The molecule has 0 spiro atoms. The summed E-state index contributed by atoms with van der Waals surface area (Å²) in [5, 5.41) is 1.92. The van der Waals surface area contributed by atoms with Gasteiger partial charge in [0.2, 0.25) is 0 Å². The van der Waals surface area contributed by atoms with Crippen molar-refractivity contribution in [1.82, 2.24) is 5.32 Å². The first-order chi connectivity index (χ1) is 23.0. The van der Waals surface area contributed by atoms with Crippen molar-refractivity contribution < 1.29 is 98.5 Å². The first kappa shape index (κ1) is 42.8. The normalized spacial score (nSPS) is 14.5. The molecule has 0 heterocycles. The highest BCUT2D eigenvalue weighted by Gasteiger charge is 2.95. The Morgan fingerprint density at radius 3 is 1.51 bits per heavy atom. The summed E-state index contributed by atoms with van der Waals surface area (Å²) in [6.07, 6.45) is -12.5. The molecule has 0 fully saturated rings. The monoisotopic (exact) mass is 773 g/mol. The van der Waals surface area contributed by atoms with E-state index in [1.54, 1.807) is 0 Å². The molecule has 286 valence electrons. The smallest absolute Gasteiger partial charge is 0.460 e. The van der Waals surface area contributed by atoms with Crippen LogP contribution in [-0.2, 0) is 9.53 Å². The molecule has 23 heteroatoms. The molecule has 1 unspecified atom stereocenters. The number of nitrogens with one attached hydrogen (secondary N) is 1. The van der Waals surface area contributed by atoms with E-state index >= 15 is 0 Å². The summed E-state index contributed by atoms with van der Waals surface area (Å²) in [5.74, 6) is -61.3. The summed E-state index contributed by atoms with van der Waals surface area (Å²) in [4.78, 5) is 38.2. The fourth-order valence-corrected chi connectivity index (χ4v) is 3.86. The second-order valence-electron chi connectivity index (χ2n) is 10.3. The Morgan fingerprint density at radius 2 is 1.06 bits per heavy atom. The molecular formula is C28H20F17NO5. The Hall–Kier alpha value is -4.34. The number of alkyl halides is 17. The zero-order chi connectivity index (χ0) is 39.6. The minimum atomic E-state index is -8.76. The molecular weight excluding hydrogens is 753 g/mol. The summed E-state index contributed by atoms with van der Waals surface area (Å²) < 4.78 is 238. The van der Waals surface area contributed by atoms with Crippen molar-refractivity contribution in [2.45, 2.75) is 66.5 Å². The third-order valence-corrected chi connectivity index (χ3v) is 6.85. The number of esters is 1. The number of ether oxygens (including phenoxy) is 2. The minimum Gasteiger partial charge on any atom is -0.497 e. The van der Waals surface area contributed by atoms with Crippen molar-refractivity contribution in [3.63, 3.8) is 0 Å². The Labute approximate surface area is 273 Å². The van der Waals surface area contributed by atoms with Crippen LogP contribution >= 0.6 is 0 Å². The molecule has 6 nitrogen and oxygen atoms in total. The molecule has 51 heavy (non-hydrogen) atoms. The number of carbonyl (C=O) groups excluding carboxylic acids is 3. The Balaban J connectivity index is 2.27. The number of hydrogen-bond donors (Lipinski definition) is 1. The van der Waals surface area contributed by atoms with Crippen LogP contribution in [0.3, 0.4) is 0 Å². The summed E-state index contributed by atoms with van der Waals surface area (Å²) in [6.45, 7) is -1.60. The average Bonchev–Trinajstić information content (AvgIpc) is 3.04. The van der Waals surface area contributed by atoms with Gasteiger partial charge < -0.3 is 14.8 Å². The van der Waals surface area contributed by atoms with Crippen molar-refractivity contribution >= 4 is 17.7 Å². The lowest BCUT2D eigenvalue weighted by Gasteiger charge is -2.42. The van der Waals surface area contributed by atoms with E-state index < -0.39 is 90.8 Å². The average molecular weight is 773 g/mol. The predicted molar refractivity (Wildman–Crippen MR) is 136 cm³/mol. The molecule has 2 aromatic carbocycles. The van der Waals surface area contributed by atoms with Crippen molar-refractivity contribution in [1.29, 1.82) is 0 Å². The topological polar surface area (TPSA) is 81.7 Å². The molecule has 0 aliphatic heterocycles. The lowest BCUT2D eigenvalue weighted by Crippen LogP contribution is -2.74. The molecule has 1 amide bonds. The summed E-state index contributed by atoms with van der Waals surface area (Å²) in [5.41, 5.74) is -0.487. The van der Waals surface area contributed by atoms with Gasteiger partial charge in [0.1, 0.15) is 5.75 Å². The van der Waals surface area contributed by atoms with Crippen LogP contribution < -0.4 is 10.1 Å². The zero-order valence-corrected chi connectivity index (χ0v) is 24.9. The van der Waals surface area contributed by atoms with Gasteiger partial charge in [0, 0.05) is 17.5 Å². The van der Waals surface area contributed by atoms with E-state index in [2.05, 4.69) is 4.74 Å². The van der Waals surface area contributed by atoms with Crippen LogP contribution in [0.25, 0.3) is 0 Å². The largest absolute Gasteiger partial charge is 0.497 e. The zero-order valence-electron chi connectivity index (χ0n) is 24.9. The van der Waals surface area contributed by atoms with Gasteiger partial charge in [-0.25, -0.2) is 4.79 Å². The van der Waals surface area contributed by atoms with E-state index in [1.165, 1.54) is 37.4 Å². The summed E-state index contributed by atoms with van der Waals surface area (Å²) in [7, 11) is 1.27. The number of amides is 1. The van der Waals surface area contributed by atoms with E-state index in [-0.39, 0.29) is 16.9 Å². The SMILES string of the molecule is COc1ccc(C(=O)NC(C(=O)OCCCC(F)(F)C(F)(F)C(F)(F)C(F)(F)C(F)(F)C(F)(F)C(F)(F)C(F)(F)F)C(=O)c2ccccc2)cc1. The maximum atomic E-state index is 14.2. The number of methoxy groups -OCH3 is 1. The second-order valence-corrected chi connectivity index (χ2v) is 10.3. The maximum Gasteiger partial charge on any atom is 0.460 e. The quantitative estimate of drug-likeness (QED) is 0.0615. The molecule has 0 saturated carbocycles. The molecule has 0 radical (unpaired) electrons. The van der Waals surface area contributed by atoms with E-state index in [0.717, 1.165) is 24.3 Å². The number of halogens is 17. The first-order valence-corrected chi connectivity index (χ1v) is 13.4. The second kappa shape index (κ2) is 14.4. The first-order valence-electron chi connectivity index (χ1n) is 13.4. The highest BCUT2D eigenvalue weighted by atomic mass is 19.4. The van der Waals surface area contributed by atoms with Crippen LogP contribution in [0.15, 0.2) is 54.6 Å². The van der Waals surface area contributed by atoms with Crippen LogP contribution in [-0.4, -0.2) is 85.1 Å². The Bertz CT molecular complexity index is 1540. The van der Waals surface area contributed by atoms with Crippen molar-refractivity contribution in [3.05, 3.63) is 65.7 Å². The number of carbonyl (C=O) groups is 3. The Kier molecular flexibility index (Phi) is 12.1. The number of benzene rings is 2. The van der Waals surface area contributed by atoms with E-state index in [9.17, 15) is 89.0 Å². The Morgan fingerprint density at radius 1 is 0.608 bits per heavy atom. The fourth-order valence-electron chi connectivity index (χ4n) is 3.86. The summed E-state index contributed by atoms with van der Waals surface area (Å²) >= 11 is 0. The highest BCUT2D eigenvalue weighted by Crippen LogP contribution is 2.64. The molecule has 1 atom stereocenters. The number of rotatable bonds is 16. The predicted octanol–water partition coefficient (Wildman–Crippen LogP) is 8.01. The number of ketones is 1. The fraction of sp³-hybridized carbons (Fsp3) is 0.464. The standard InChI is InChI=1S/C28H20F17NO5/c1-50-16-10-8-15(9-11-16)19(48)46-17(18(47)14-6-3-2-4-7-14)20(49)51-13-5-12-21(29,30)22(31,32)23(33,34)24(35,36)25(37,38)26(39,40)27(41,42)28(43,44)45/h2-4,6-11,17H,5,12-13H2,1H3,(H,46,48). The molecule has 0 aliphatic carbocycles. The van der Waals surface area contributed by atoms with Gasteiger partial charge in [0.25, 0.3) is 5.91 Å².